The molecule has 0 bridgehead atoms. The van der Waals surface area contributed by atoms with Gasteiger partial charge < -0.3 is 9.15 Å². The highest BCUT2D eigenvalue weighted by Crippen LogP contribution is 2.29. The Bertz CT molecular complexity index is 975. The first-order valence-corrected chi connectivity index (χ1v) is 7.96. The van der Waals surface area contributed by atoms with E-state index in [-0.39, 0.29) is 4.90 Å². The summed E-state index contributed by atoms with van der Waals surface area (Å²) in [6.07, 6.45) is 0. The molecule has 0 unspecified atom stereocenters. The van der Waals surface area contributed by atoms with Crippen LogP contribution >= 0.6 is 0 Å². The maximum absolute atomic E-state index is 11.0. The summed E-state index contributed by atoms with van der Waals surface area (Å²) in [5.41, 5.74) is 1.05. The van der Waals surface area contributed by atoms with Gasteiger partial charge in [0, 0.05) is 17.5 Å². The molecular formula is C15H12N2O5S. The van der Waals surface area contributed by atoms with Crippen molar-refractivity contribution in [3.05, 3.63) is 48.5 Å². The van der Waals surface area contributed by atoms with E-state index in [1.807, 2.05) is 12.1 Å². The van der Waals surface area contributed by atoms with Gasteiger partial charge in [0.2, 0.25) is 5.88 Å². The van der Waals surface area contributed by atoms with Gasteiger partial charge in [-0.3, -0.25) is 4.55 Å². The fourth-order valence-corrected chi connectivity index (χ4v) is 2.45. The zero-order valence-electron chi connectivity index (χ0n) is 12.0. The molecule has 0 atom stereocenters. The average Bonchev–Trinajstić information content (AvgIpc) is 2.94. The van der Waals surface area contributed by atoms with E-state index < -0.39 is 10.1 Å². The lowest BCUT2D eigenvalue weighted by molar-refractivity contribution is 0.414. The van der Waals surface area contributed by atoms with Crippen molar-refractivity contribution in [2.24, 2.45) is 10.2 Å². The van der Waals surface area contributed by atoms with Gasteiger partial charge in [0.05, 0.1) is 17.7 Å². The summed E-state index contributed by atoms with van der Waals surface area (Å²) < 4.78 is 41.5. The second-order valence-corrected chi connectivity index (χ2v) is 6.08. The number of furan rings is 1. The lowest BCUT2D eigenvalue weighted by atomic mass is 10.2. The fourth-order valence-electron chi connectivity index (χ4n) is 1.97. The molecule has 0 saturated carbocycles. The minimum Gasteiger partial charge on any atom is -0.497 e. The van der Waals surface area contributed by atoms with Crippen molar-refractivity contribution in [2.75, 3.05) is 7.11 Å². The van der Waals surface area contributed by atoms with E-state index in [9.17, 15) is 8.42 Å². The van der Waals surface area contributed by atoms with E-state index >= 15 is 0 Å². The quantitative estimate of drug-likeness (QED) is 0.572. The minimum absolute atomic E-state index is 0.202. The normalized spacial score (nSPS) is 12.1. The predicted molar refractivity (Wildman–Crippen MR) is 83.2 cm³/mol. The number of ether oxygens (including phenoxy) is 1. The van der Waals surface area contributed by atoms with E-state index in [0.29, 0.717) is 22.9 Å². The van der Waals surface area contributed by atoms with Crippen LogP contribution in [0.2, 0.25) is 0 Å². The zero-order valence-corrected chi connectivity index (χ0v) is 12.8. The van der Waals surface area contributed by atoms with Crippen LogP contribution in [-0.2, 0) is 10.1 Å². The molecule has 0 amide bonds. The molecule has 23 heavy (non-hydrogen) atoms. The number of methoxy groups -OCH3 is 1. The van der Waals surface area contributed by atoms with Gasteiger partial charge in [0.25, 0.3) is 10.1 Å². The average molecular weight is 332 g/mol. The molecule has 0 aliphatic carbocycles. The molecule has 0 fully saturated rings. The smallest absolute Gasteiger partial charge is 0.294 e. The van der Waals surface area contributed by atoms with Crippen LogP contribution in [0.3, 0.4) is 0 Å². The Morgan fingerprint density at radius 2 is 1.78 bits per heavy atom. The molecule has 3 rings (SSSR count). The van der Waals surface area contributed by atoms with Crippen molar-refractivity contribution in [1.82, 2.24) is 0 Å². The highest BCUT2D eigenvalue weighted by atomic mass is 32.2. The Morgan fingerprint density at radius 1 is 1.04 bits per heavy atom. The highest BCUT2D eigenvalue weighted by Gasteiger charge is 2.08. The number of benzene rings is 2. The second kappa shape index (κ2) is 5.82. The van der Waals surface area contributed by atoms with Gasteiger partial charge in [-0.25, -0.2) is 0 Å². The van der Waals surface area contributed by atoms with Crippen molar-refractivity contribution in [1.29, 1.82) is 0 Å². The minimum atomic E-state index is -4.21. The van der Waals surface area contributed by atoms with Crippen molar-refractivity contribution >= 4 is 32.7 Å². The molecular weight excluding hydrogens is 320 g/mol. The maximum Gasteiger partial charge on any atom is 0.294 e. The van der Waals surface area contributed by atoms with Gasteiger partial charge in [-0.05, 0) is 36.4 Å². The molecule has 0 aliphatic heterocycles. The molecule has 1 N–H and O–H groups in total. The van der Waals surface area contributed by atoms with Crippen LogP contribution in [0.25, 0.3) is 11.0 Å². The SMILES string of the molecule is COc1ccc2cc(N=Nc3ccc(S(=O)(=O)O)cc3)oc2c1. The third kappa shape index (κ3) is 3.38. The Labute approximate surface area is 132 Å². The van der Waals surface area contributed by atoms with Crippen molar-refractivity contribution in [2.45, 2.75) is 4.90 Å². The monoisotopic (exact) mass is 332 g/mol. The number of hydrogen-bond donors (Lipinski definition) is 1. The third-order valence-electron chi connectivity index (χ3n) is 3.11. The Morgan fingerprint density at radius 3 is 2.43 bits per heavy atom. The summed E-state index contributed by atoms with van der Waals surface area (Å²) in [4.78, 5) is -0.202. The molecule has 0 aliphatic rings. The number of rotatable bonds is 4. The van der Waals surface area contributed by atoms with E-state index in [0.717, 1.165) is 5.39 Å². The van der Waals surface area contributed by atoms with Crippen LogP contribution in [0.4, 0.5) is 11.6 Å². The summed E-state index contributed by atoms with van der Waals surface area (Å²) in [6, 6.07) is 12.5. The number of nitrogens with zero attached hydrogens (tertiary/aromatic N) is 2. The largest absolute Gasteiger partial charge is 0.497 e. The van der Waals surface area contributed by atoms with Gasteiger partial charge in [0.15, 0.2) is 0 Å². The molecule has 8 heteroatoms. The van der Waals surface area contributed by atoms with Crippen LogP contribution < -0.4 is 4.74 Å². The van der Waals surface area contributed by atoms with Gasteiger partial charge in [0.1, 0.15) is 11.3 Å². The molecule has 0 radical (unpaired) electrons. The molecule has 7 nitrogen and oxygen atoms in total. The van der Waals surface area contributed by atoms with Gasteiger partial charge >= 0.3 is 0 Å². The summed E-state index contributed by atoms with van der Waals surface area (Å²) >= 11 is 0. The fraction of sp³-hybridized carbons (Fsp3) is 0.0667. The summed E-state index contributed by atoms with van der Waals surface area (Å²) in [7, 11) is -2.64. The van der Waals surface area contributed by atoms with E-state index in [1.165, 1.54) is 24.3 Å². The van der Waals surface area contributed by atoms with Crippen molar-refractivity contribution < 1.29 is 22.1 Å². The van der Waals surface area contributed by atoms with E-state index in [2.05, 4.69) is 10.2 Å². The van der Waals surface area contributed by atoms with Crippen molar-refractivity contribution in [3.8, 4) is 5.75 Å². The molecule has 0 saturated heterocycles. The standard InChI is InChI=1S/C15H12N2O5S/c1-21-12-5-2-10-8-15(22-14(10)9-12)17-16-11-3-6-13(7-4-11)23(18,19)20/h2-9H,1H3,(H,18,19,20). The van der Waals surface area contributed by atoms with Gasteiger partial charge in [-0.2, -0.15) is 8.42 Å². The number of fused-ring (bicyclic) bond motifs is 1. The summed E-state index contributed by atoms with van der Waals surface area (Å²) in [6.45, 7) is 0. The van der Waals surface area contributed by atoms with Crippen LogP contribution in [0.5, 0.6) is 5.75 Å². The number of hydrogen-bond acceptors (Lipinski definition) is 6. The lowest BCUT2D eigenvalue weighted by Gasteiger charge is -1.96. The Hall–Kier alpha value is -2.71. The van der Waals surface area contributed by atoms with Crippen LogP contribution in [0.15, 0.2) is 68.1 Å². The van der Waals surface area contributed by atoms with Crippen LogP contribution in [-0.4, -0.2) is 20.1 Å². The number of azo groups is 1. The van der Waals surface area contributed by atoms with E-state index in [4.69, 9.17) is 13.7 Å². The van der Waals surface area contributed by atoms with Crippen LogP contribution in [0, 0.1) is 0 Å². The maximum atomic E-state index is 11.0. The zero-order chi connectivity index (χ0) is 16.4. The van der Waals surface area contributed by atoms with Crippen LogP contribution in [0.1, 0.15) is 0 Å². The lowest BCUT2D eigenvalue weighted by Crippen LogP contribution is -1.96. The second-order valence-electron chi connectivity index (χ2n) is 4.66. The molecule has 2 aromatic carbocycles. The molecule has 118 valence electrons. The summed E-state index contributed by atoms with van der Waals surface area (Å²) in [5, 5.41) is 8.79. The van der Waals surface area contributed by atoms with Crippen molar-refractivity contribution in [3.63, 3.8) is 0 Å². The first-order valence-electron chi connectivity index (χ1n) is 6.52. The summed E-state index contributed by atoms with van der Waals surface area (Å²) in [5.74, 6) is 0.989. The third-order valence-corrected chi connectivity index (χ3v) is 3.98. The highest BCUT2D eigenvalue weighted by molar-refractivity contribution is 7.85. The van der Waals surface area contributed by atoms with Gasteiger partial charge in [-0.15, -0.1) is 10.2 Å². The molecule has 3 aromatic rings. The first-order chi connectivity index (χ1) is 11.0. The topological polar surface area (TPSA) is 101 Å². The Balaban J connectivity index is 1.85. The van der Waals surface area contributed by atoms with Gasteiger partial charge in [-0.1, -0.05) is 0 Å². The first kappa shape index (κ1) is 15.2. The Kier molecular flexibility index (Phi) is 3.85. The molecule has 0 spiro atoms. The molecule has 1 aromatic heterocycles. The van der Waals surface area contributed by atoms with E-state index in [1.54, 1.807) is 19.2 Å². The predicted octanol–water partition coefficient (Wildman–Crippen LogP) is 4.10. The molecule has 1 heterocycles.